The molecule has 0 bridgehead atoms. The van der Waals surface area contributed by atoms with Crippen molar-refractivity contribution in [3.8, 4) is 5.75 Å². The van der Waals surface area contributed by atoms with E-state index in [-0.39, 0.29) is 38.8 Å². The van der Waals surface area contributed by atoms with E-state index in [1.54, 1.807) is 24.3 Å². The van der Waals surface area contributed by atoms with Gasteiger partial charge in [-0.15, -0.1) is 0 Å². The number of carbonyl (C=O) groups excluding carboxylic acids is 2. The molecule has 0 atom stereocenters. The standard InChI is InChI=1S/C30H19N3O9S/c34-29(21-5-10-25(11-6-21)32(36)37)31(43(40,41)28-18-9-20-3-1-2-4-23(20)19-28)24-14-16-27(17-15-24)42-30(35)22-7-12-26(13-8-22)33(38)39/h1-19H. The molecule has 0 heterocycles. The zero-order valence-corrected chi connectivity index (χ0v) is 22.7. The highest BCUT2D eigenvalue weighted by molar-refractivity contribution is 7.93. The van der Waals surface area contributed by atoms with E-state index in [9.17, 15) is 38.2 Å². The summed E-state index contributed by atoms with van der Waals surface area (Å²) in [6, 6.07) is 25.8. The quantitative estimate of drug-likeness (QED) is 0.0914. The van der Waals surface area contributed by atoms with Crippen LogP contribution in [0.25, 0.3) is 10.8 Å². The molecule has 13 heteroatoms. The number of fused-ring (bicyclic) bond motifs is 1. The van der Waals surface area contributed by atoms with Crippen LogP contribution in [-0.4, -0.2) is 30.1 Å². The molecule has 0 aliphatic rings. The van der Waals surface area contributed by atoms with Crippen LogP contribution in [0.4, 0.5) is 17.1 Å². The fraction of sp³-hybridized carbons (Fsp3) is 0. The molecule has 43 heavy (non-hydrogen) atoms. The number of nitro benzene ring substituents is 2. The van der Waals surface area contributed by atoms with Crippen molar-refractivity contribution in [2.24, 2.45) is 0 Å². The van der Waals surface area contributed by atoms with Crippen LogP contribution >= 0.6 is 0 Å². The molecule has 0 aromatic heterocycles. The monoisotopic (exact) mass is 597 g/mol. The summed E-state index contributed by atoms with van der Waals surface area (Å²) in [5, 5.41) is 23.3. The summed E-state index contributed by atoms with van der Waals surface area (Å²) in [5.74, 6) is -1.78. The number of anilines is 1. The number of ether oxygens (including phenoxy) is 1. The maximum atomic E-state index is 14.0. The number of sulfonamides is 1. The maximum absolute atomic E-state index is 14.0. The van der Waals surface area contributed by atoms with Crippen LogP contribution in [0, 0.1) is 20.2 Å². The molecular weight excluding hydrogens is 578 g/mol. The van der Waals surface area contributed by atoms with E-state index in [1.807, 2.05) is 6.07 Å². The molecule has 5 rings (SSSR count). The number of hydrogen-bond donors (Lipinski definition) is 0. The van der Waals surface area contributed by atoms with Crippen molar-refractivity contribution >= 4 is 49.7 Å². The second-order valence-electron chi connectivity index (χ2n) is 9.07. The minimum Gasteiger partial charge on any atom is -0.423 e. The minimum absolute atomic E-state index is 0.0120. The van der Waals surface area contributed by atoms with E-state index < -0.39 is 31.7 Å². The molecule has 5 aromatic rings. The van der Waals surface area contributed by atoms with Gasteiger partial charge in [0.15, 0.2) is 0 Å². The Morgan fingerprint density at radius 1 is 0.651 bits per heavy atom. The molecule has 0 saturated heterocycles. The van der Waals surface area contributed by atoms with Crippen LogP contribution in [0.15, 0.2) is 120 Å². The first-order chi connectivity index (χ1) is 20.5. The molecule has 0 spiro atoms. The summed E-state index contributed by atoms with van der Waals surface area (Å²) in [5.41, 5.74) is -0.648. The SMILES string of the molecule is O=C(Oc1ccc(N(C(=O)c2ccc([N+](=O)[O-])cc2)S(=O)(=O)c2ccc3ccccc3c2)cc1)c1ccc([N+](=O)[O-])cc1. The first-order valence-electron chi connectivity index (χ1n) is 12.4. The number of rotatable bonds is 8. The van der Waals surface area contributed by atoms with Gasteiger partial charge >= 0.3 is 5.97 Å². The molecule has 0 radical (unpaired) electrons. The fourth-order valence-corrected chi connectivity index (χ4v) is 5.63. The number of non-ortho nitro benzene ring substituents is 2. The summed E-state index contributed by atoms with van der Waals surface area (Å²) in [7, 11) is -4.52. The predicted molar refractivity (Wildman–Crippen MR) is 156 cm³/mol. The molecular formula is C30H19N3O9S. The van der Waals surface area contributed by atoms with Crippen molar-refractivity contribution < 1.29 is 32.6 Å². The van der Waals surface area contributed by atoms with Crippen molar-refractivity contribution in [1.29, 1.82) is 0 Å². The lowest BCUT2D eigenvalue weighted by Crippen LogP contribution is -2.37. The van der Waals surface area contributed by atoms with E-state index in [0.29, 0.717) is 9.69 Å². The lowest BCUT2D eigenvalue weighted by molar-refractivity contribution is -0.385. The van der Waals surface area contributed by atoms with Gasteiger partial charge in [0.2, 0.25) is 0 Å². The average molecular weight is 598 g/mol. The van der Waals surface area contributed by atoms with Crippen LogP contribution in [-0.2, 0) is 10.0 Å². The van der Waals surface area contributed by atoms with Gasteiger partial charge in [-0.25, -0.2) is 13.2 Å². The summed E-state index contributed by atoms with van der Waals surface area (Å²) in [4.78, 5) is 46.7. The van der Waals surface area contributed by atoms with E-state index in [2.05, 4.69) is 0 Å². The van der Waals surface area contributed by atoms with Crippen LogP contribution in [0.5, 0.6) is 5.75 Å². The molecule has 12 nitrogen and oxygen atoms in total. The van der Waals surface area contributed by atoms with E-state index in [0.717, 1.165) is 41.8 Å². The zero-order valence-electron chi connectivity index (χ0n) is 21.9. The number of hydrogen-bond acceptors (Lipinski definition) is 9. The van der Waals surface area contributed by atoms with E-state index in [4.69, 9.17) is 4.74 Å². The Kier molecular flexibility index (Phi) is 7.64. The van der Waals surface area contributed by atoms with Crippen LogP contribution < -0.4 is 9.04 Å². The van der Waals surface area contributed by atoms with E-state index in [1.165, 1.54) is 48.5 Å². The van der Waals surface area contributed by atoms with Crippen LogP contribution in [0.1, 0.15) is 20.7 Å². The Morgan fingerprint density at radius 3 is 1.74 bits per heavy atom. The molecule has 214 valence electrons. The molecule has 0 fully saturated rings. The third-order valence-electron chi connectivity index (χ3n) is 6.36. The molecule has 0 unspecified atom stereocenters. The van der Waals surface area contributed by atoms with Gasteiger partial charge in [0.1, 0.15) is 5.75 Å². The number of benzene rings is 5. The Bertz CT molecular complexity index is 1990. The fourth-order valence-electron chi connectivity index (χ4n) is 4.18. The molecule has 0 aliphatic carbocycles. The first kappa shape index (κ1) is 28.6. The van der Waals surface area contributed by atoms with Crippen molar-refractivity contribution in [3.63, 3.8) is 0 Å². The van der Waals surface area contributed by atoms with Gasteiger partial charge in [-0.3, -0.25) is 25.0 Å². The highest BCUT2D eigenvalue weighted by Crippen LogP contribution is 2.30. The Hall–Kier alpha value is -5.95. The van der Waals surface area contributed by atoms with E-state index >= 15 is 0 Å². The third-order valence-corrected chi connectivity index (χ3v) is 8.07. The van der Waals surface area contributed by atoms with Crippen molar-refractivity contribution in [2.45, 2.75) is 4.90 Å². The molecule has 1 amide bonds. The molecule has 5 aromatic carbocycles. The smallest absolute Gasteiger partial charge is 0.343 e. The second-order valence-corrected chi connectivity index (χ2v) is 10.9. The Balaban J connectivity index is 1.50. The van der Waals surface area contributed by atoms with Gasteiger partial charge in [-0.1, -0.05) is 30.3 Å². The maximum Gasteiger partial charge on any atom is 0.343 e. The predicted octanol–water partition coefficient (Wildman–Crippen LogP) is 5.91. The number of nitro groups is 2. The van der Waals surface area contributed by atoms with Crippen molar-refractivity contribution in [2.75, 3.05) is 4.31 Å². The Morgan fingerprint density at radius 2 is 1.19 bits per heavy atom. The minimum atomic E-state index is -4.52. The number of esters is 1. The number of amides is 1. The van der Waals surface area contributed by atoms with Gasteiger partial charge in [0, 0.05) is 29.8 Å². The van der Waals surface area contributed by atoms with Gasteiger partial charge in [0.25, 0.3) is 27.3 Å². The molecule has 0 N–H and O–H groups in total. The molecule has 0 saturated carbocycles. The van der Waals surface area contributed by atoms with Gasteiger partial charge in [-0.2, -0.15) is 4.31 Å². The Labute approximate surface area is 243 Å². The van der Waals surface area contributed by atoms with Gasteiger partial charge < -0.3 is 4.74 Å². The first-order valence-corrected chi connectivity index (χ1v) is 13.9. The normalized spacial score (nSPS) is 11.1. The van der Waals surface area contributed by atoms with Crippen molar-refractivity contribution in [3.05, 3.63) is 147 Å². The second kappa shape index (κ2) is 11.5. The van der Waals surface area contributed by atoms with Gasteiger partial charge in [-0.05, 0) is 71.4 Å². The third kappa shape index (κ3) is 5.92. The van der Waals surface area contributed by atoms with Crippen LogP contribution in [0.2, 0.25) is 0 Å². The highest BCUT2D eigenvalue weighted by Gasteiger charge is 2.32. The summed E-state index contributed by atoms with van der Waals surface area (Å²) in [6.45, 7) is 0. The molecule has 0 aliphatic heterocycles. The van der Waals surface area contributed by atoms with Gasteiger partial charge in [0.05, 0.1) is 26.0 Å². The van der Waals surface area contributed by atoms with Crippen LogP contribution in [0.3, 0.4) is 0 Å². The lowest BCUT2D eigenvalue weighted by Gasteiger charge is -2.23. The number of carbonyl (C=O) groups is 2. The average Bonchev–Trinajstić information content (AvgIpc) is 3.01. The summed E-state index contributed by atoms with van der Waals surface area (Å²) < 4.78 is 33.8. The largest absolute Gasteiger partial charge is 0.423 e. The van der Waals surface area contributed by atoms with Crippen molar-refractivity contribution in [1.82, 2.24) is 0 Å². The highest BCUT2D eigenvalue weighted by atomic mass is 32.2. The summed E-state index contributed by atoms with van der Waals surface area (Å²) >= 11 is 0. The topological polar surface area (TPSA) is 167 Å². The summed E-state index contributed by atoms with van der Waals surface area (Å²) in [6.07, 6.45) is 0. The lowest BCUT2D eigenvalue weighted by atomic mass is 10.1. The number of nitrogens with zero attached hydrogens (tertiary/aromatic N) is 3. The zero-order chi connectivity index (χ0) is 30.7.